The predicted molar refractivity (Wildman–Crippen MR) is 96.0 cm³/mol. The van der Waals surface area contributed by atoms with Crippen molar-refractivity contribution in [3.63, 3.8) is 0 Å². The van der Waals surface area contributed by atoms with Crippen LogP contribution in [-0.2, 0) is 15.8 Å². The predicted octanol–water partition coefficient (Wildman–Crippen LogP) is 3.56. The number of para-hydroxylation sites is 1. The van der Waals surface area contributed by atoms with E-state index in [0.29, 0.717) is 0 Å². The number of nitro groups is 1. The Morgan fingerprint density at radius 3 is 2.29 bits per heavy atom. The molecule has 0 radical (unpaired) electrons. The molecule has 134 valence electrons. The van der Waals surface area contributed by atoms with Crippen LogP contribution in [0, 0.1) is 15.5 Å². The van der Waals surface area contributed by atoms with Crippen molar-refractivity contribution in [2.75, 3.05) is 0 Å². The monoisotopic (exact) mass is 420 g/mol. The minimum atomic E-state index is -1.61. The fourth-order valence-electron chi connectivity index (χ4n) is 1.96. The number of halogens is 1. The Morgan fingerprint density at radius 1 is 1.33 bits per heavy atom. The summed E-state index contributed by atoms with van der Waals surface area (Å²) in [5.41, 5.74) is -1.50. The molecule has 0 aliphatic heterocycles. The van der Waals surface area contributed by atoms with E-state index in [-0.39, 0.29) is 15.7 Å². The molecule has 1 aromatic carbocycles. The van der Waals surface area contributed by atoms with Crippen LogP contribution in [0.15, 0.2) is 22.7 Å². The Hall–Kier alpha value is -1.32. The lowest BCUT2D eigenvalue weighted by molar-refractivity contribution is -0.386. The second-order valence-corrected chi connectivity index (χ2v) is 9.75. The van der Waals surface area contributed by atoms with Crippen molar-refractivity contribution >= 4 is 38.6 Å². The van der Waals surface area contributed by atoms with Gasteiger partial charge in [-0.2, -0.15) is 0 Å². The van der Waals surface area contributed by atoms with Crippen molar-refractivity contribution in [3.05, 3.63) is 38.3 Å². The van der Waals surface area contributed by atoms with Crippen LogP contribution in [0.5, 0.6) is 0 Å². The van der Waals surface area contributed by atoms with Gasteiger partial charge >= 0.3 is 5.97 Å². The zero-order chi connectivity index (χ0) is 18.9. The molecule has 7 nitrogen and oxygen atoms in total. The van der Waals surface area contributed by atoms with Crippen LogP contribution in [0.2, 0.25) is 0 Å². The smallest absolute Gasteiger partial charge is 0.311 e. The highest BCUT2D eigenvalue weighted by Gasteiger charge is 2.43. The third-order valence-corrected chi connectivity index (χ3v) is 5.77. The second-order valence-electron chi connectivity index (χ2n) is 6.89. The van der Waals surface area contributed by atoms with Gasteiger partial charge in [-0.15, -0.1) is 0 Å². The van der Waals surface area contributed by atoms with Crippen LogP contribution in [0.25, 0.3) is 0 Å². The van der Waals surface area contributed by atoms with Crippen LogP contribution in [0.1, 0.15) is 46.2 Å². The summed E-state index contributed by atoms with van der Waals surface area (Å²) >= 11 is 3.13. The van der Waals surface area contributed by atoms with E-state index in [1.807, 2.05) is 0 Å². The molecule has 0 aliphatic carbocycles. The quantitative estimate of drug-likeness (QED) is 0.539. The maximum atomic E-state index is 12.5. The van der Waals surface area contributed by atoms with Gasteiger partial charge in [0, 0.05) is 0 Å². The Kier molecular flexibility index (Phi) is 6.29. The first-order valence-corrected chi connectivity index (χ1v) is 9.08. The molecule has 0 heterocycles. The molecular weight excluding hydrogens is 400 g/mol. The molecule has 0 spiro atoms. The number of nitrogens with one attached hydrogen (secondary N) is 1. The summed E-state index contributed by atoms with van der Waals surface area (Å²) in [6.07, 6.45) is 0. The fraction of sp³-hybridized carbons (Fsp3) is 0.533. The van der Waals surface area contributed by atoms with E-state index >= 15 is 0 Å². The third-order valence-electron chi connectivity index (χ3n) is 3.57. The molecular formula is C15H21BrN2O5S. The van der Waals surface area contributed by atoms with Crippen molar-refractivity contribution in [2.24, 2.45) is 5.41 Å². The molecule has 1 aromatic rings. The average molecular weight is 421 g/mol. The highest BCUT2D eigenvalue weighted by molar-refractivity contribution is 9.10. The lowest BCUT2D eigenvalue weighted by atomic mass is 9.80. The molecule has 2 N–H and O–H groups in total. The first-order valence-electron chi connectivity index (χ1n) is 7.14. The normalized spacial score (nSPS) is 14.9. The lowest BCUT2D eigenvalue weighted by Gasteiger charge is -2.33. The zero-order valence-electron chi connectivity index (χ0n) is 14.1. The highest BCUT2D eigenvalue weighted by Crippen LogP contribution is 2.41. The number of carboxylic acids is 1. The third kappa shape index (κ3) is 4.40. The largest absolute Gasteiger partial charge is 0.481 e. The number of carbonyl (C=O) groups is 1. The summed E-state index contributed by atoms with van der Waals surface area (Å²) in [6, 6.07) is 3.55. The molecule has 0 saturated carbocycles. The van der Waals surface area contributed by atoms with Gasteiger partial charge in [0.1, 0.15) is 0 Å². The van der Waals surface area contributed by atoms with Gasteiger partial charge in [-0.25, -0.2) is 8.93 Å². The molecule has 1 unspecified atom stereocenters. The average Bonchev–Trinajstić information content (AvgIpc) is 2.42. The number of hydrogen-bond acceptors (Lipinski definition) is 4. The highest BCUT2D eigenvalue weighted by atomic mass is 79.9. The van der Waals surface area contributed by atoms with Crippen LogP contribution in [0.3, 0.4) is 0 Å². The van der Waals surface area contributed by atoms with E-state index in [1.54, 1.807) is 26.8 Å². The summed E-state index contributed by atoms with van der Waals surface area (Å²) < 4.78 is 14.9. The number of hydrogen-bond donors (Lipinski definition) is 2. The molecule has 0 bridgehead atoms. The van der Waals surface area contributed by atoms with Crippen molar-refractivity contribution in [1.29, 1.82) is 0 Å². The molecule has 2 atom stereocenters. The summed E-state index contributed by atoms with van der Waals surface area (Å²) in [4.78, 5) is 22.6. The minimum absolute atomic E-state index is 0.166. The van der Waals surface area contributed by atoms with E-state index in [9.17, 15) is 24.2 Å². The molecule has 24 heavy (non-hydrogen) atoms. The second kappa shape index (κ2) is 7.28. The molecule has 0 aromatic heterocycles. The van der Waals surface area contributed by atoms with Gasteiger partial charge in [0.05, 0.1) is 42.1 Å². The number of nitro benzene ring substituents is 1. The van der Waals surface area contributed by atoms with Gasteiger partial charge in [0.25, 0.3) is 5.69 Å². The maximum Gasteiger partial charge on any atom is 0.311 e. The van der Waals surface area contributed by atoms with E-state index in [1.165, 1.54) is 26.0 Å². The fourth-order valence-corrected chi connectivity index (χ4v) is 3.48. The Morgan fingerprint density at radius 2 is 1.88 bits per heavy atom. The molecule has 0 saturated heterocycles. The lowest BCUT2D eigenvalue weighted by Crippen LogP contribution is -2.44. The molecule has 0 fully saturated rings. The van der Waals surface area contributed by atoms with Gasteiger partial charge in [0.15, 0.2) is 0 Å². The van der Waals surface area contributed by atoms with Gasteiger partial charge in [-0.05, 0) is 56.6 Å². The summed E-state index contributed by atoms with van der Waals surface area (Å²) in [6.45, 7) is 8.08. The molecule has 9 heteroatoms. The van der Waals surface area contributed by atoms with Crippen LogP contribution < -0.4 is 4.72 Å². The van der Waals surface area contributed by atoms with Crippen LogP contribution >= 0.6 is 15.9 Å². The van der Waals surface area contributed by atoms with E-state index < -0.39 is 38.1 Å². The van der Waals surface area contributed by atoms with E-state index in [0.717, 1.165) is 0 Å². The number of carboxylic acid groups (broad SMARTS) is 1. The maximum absolute atomic E-state index is 12.5. The van der Waals surface area contributed by atoms with Crippen LogP contribution in [0.4, 0.5) is 5.69 Å². The molecule has 0 aliphatic rings. The number of rotatable bonds is 6. The summed E-state index contributed by atoms with van der Waals surface area (Å²) in [7, 11) is -1.61. The Labute approximate surface area is 151 Å². The molecule has 0 amide bonds. The zero-order valence-corrected chi connectivity index (χ0v) is 16.5. The van der Waals surface area contributed by atoms with Gasteiger partial charge in [-0.3, -0.25) is 14.9 Å². The van der Waals surface area contributed by atoms with Crippen molar-refractivity contribution in [3.8, 4) is 0 Å². The van der Waals surface area contributed by atoms with Crippen LogP contribution in [-0.4, -0.2) is 25.0 Å². The summed E-state index contributed by atoms with van der Waals surface area (Å²) in [5, 5.41) is 21.0. The molecule has 1 rings (SSSR count). The first-order chi connectivity index (χ1) is 10.8. The van der Waals surface area contributed by atoms with Gasteiger partial charge in [0.2, 0.25) is 0 Å². The van der Waals surface area contributed by atoms with Crippen molar-refractivity contribution in [1.82, 2.24) is 4.72 Å². The number of aliphatic carboxylic acids is 1. The standard InChI is InChI=1S/C15H21BrN2O5S/c1-14(2,3)24(23)17-12(15(4,5)13(19)20)9-7-6-8-10(16)11(9)18(21)22/h6-8,12,17H,1-5H3,(H,19,20)/t12-,24?/m0/s1. The SMILES string of the molecule is CC(C)(C(=O)O)[C@@H](NS(=O)C(C)(C)C)c1cccc(Br)c1[N+](=O)[O-]. The minimum Gasteiger partial charge on any atom is -0.481 e. The van der Waals surface area contributed by atoms with Gasteiger partial charge < -0.3 is 5.11 Å². The summed E-state index contributed by atoms with van der Waals surface area (Å²) in [5.74, 6) is -1.15. The number of benzene rings is 1. The number of nitrogens with zero attached hydrogens (tertiary/aromatic N) is 1. The Bertz CT molecular complexity index is 685. The van der Waals surface area contributed by atoms with E-state index in [4.69, 9.17) is 0 Å². The van der Waals surface area contributed by atoms with E-state index in [2.05, 4.69) is 20.7 Å². The Balaban J connectivity index is 3.56. The topological polar surface area (TPSA) is 110 Å². The van der Waals surface area contributed by atoms with Gasteiger partial charge in [-0.1, -0.05) is 12.1 Å². The van der Waals surface area contributed by atoms with Crippen molar-refractivity contribution < 1.29 is 19.0 Å². The first kappa shape index (κ1) is 20.7. The van der Waals surface area contributed by atoms with Crippen molar-refractivity contribution in [2.45, 2.75) is 45.4 Å².